The molecule has 150 valence electrons. The van der Waals surface area contributed by atoms with Crippen molar-refractivity contribution in [3.63, 3.8) is 0 Å². The van der Waals surface area contributed by atoms with Gasteiger partial charge in [0.15, 0.2) is 18.2 Å². The second-order valence-electron chi connectivity index (χ2n) is 6.67. The normalized spacial score (nSPS) is 14.6. The Morgan fingerprint density at radius 2 is 2.07 bits per heavy atom. The van der Waals surface area contributed by atoms with E-state index in [0.29, 0.717) is 39.0 Å². The number of hydrazine groups is 1. The van der Waals surface area contributed by atoms with Gasteiger partial charge in [-0.2, -0.15) is 0 Å². The standard InChI is InChI=1S/C18H22Cl2N6O2/c1-11-4-6-26(7-5-11)18-16(21)17(22-10-23-18)25-24-15(27)9-28-14-3-2-12(19)8-13(14)20/h2-3,8,10-11H,4-7,9,21H2,1H3,(H,24,27)(H,22,23,25). The molecule has 10 heteroatoms. The molecular formula is C18H22Cl2N6O2. The van der Waals surface area contributed by atoms with Gasteiger partial charge in [-0.3, -0.25) is 15.6 Å². The van der Waals surface area contributed by atoms with E-state index in [0.717, 1.165) is 25.9 Å². The van der Waals surface area contributed by atoms with Gasteiger partial charge in [-0.15, -0.1) is 0 Å². The minimum atomic E-state index is -0.419. The second-order valence-corrected chi connectivity index (χ2v) is 7.51. The van der Waals surface area contributed by atoms with Crippen LogP contribution in [-0.2, 0) is 4.79 Å². The van der Waals surface area contributed by atoms with Crippen molar-refractivity contribution in [1.82, 2.24) is 15.4 Å². The predicted octanol–water partition coefficient (Wildman–Crippen LogP) is 3.12. The van der Waals surface area contributed by atoms with Gasteiger partial charge in [-0.25, -0.2) is 9.97 Å². The molecule has 0 atom stereocenters. The number of piperidine rings is 1. The lowest BCUT2D eigenvalue weighted by Gasteiger charge is -2.32. The molecule has 1 aromatic carbocycles. The molecule has 1 amide bonds. The summed E-state index contributed by atoms with van der Waals surface area (Å²) < 4.78 is 5.39. The average Bonchev–Trinajstić information content (AvgIpc) is 2.67. The first-order valence-corrected chi connectivity index (χ1v) is 9.67. The quantitative estimate of drug-likeness (QED) is 0.611. The number of hydrogen-bond donors (Lipinski definition) is 3. The van der Waals surface area contributed by atoms with Gasteiger partial charge in [0.05, 0.1) is 5.02 Å². The summed E-state index contributed by atoms with van der Waals surface area (Å²) in [7, 11) is 0. The first kappa shape index (κ1) is 20.3. The highest BCUT2D eigenvalue weighted by Gasteiger charge is 2.20. The minimum absolute atomic E-state index is 0.240. The molecule has 8 nitrogen and oxygen atoms in total. The zero-order valence-electron chi connectivity index (χ0n) is 15.4. The van der Waals surface area contributed by atoms with Crippen LogP contribution in [0.1, 0.15) is 19.8 Å². The maximum absolute atomic E-state index is 12.0. The summed E-state index contributed by atoms with van der Waals surface area (Å²) in [6.07, 6.45) is 3.60. The van der Waals surface area contributed by atoms with Crippen molar-refractivity contribution in [2.45, 2.75) is 19.8 Å². The third kappa shape index (κ3) is 5.08. The number of aromatic nitrogens is 2. The van der Waals surface area contributed by atoms with Crippen molar-refractivity contribution in [1.29, 1.82) is 0 Å². The number of halogens is 2. The van der Waals surface area contributed by atoms with Crippen LogP contribution in [0.15, 0.2) is 24.5 Å². The number of hydrogen-bond acceptors (Lipinski definition) is 7. The van der Waals surface area contributed by atoms with E-state index in [-0.39, 0.29) is 6.61 Å². The monoisotopic (exact) mass is 424 g/mol. The number of nitrogens with one attached hydrogen (secondary N) is 2. The van der Waals surface area contributed by atoms with E-state index < -0.39 is 5.91 Å². The molecule has 1 aromatic heterocycles. The third-order valence-corrected chi connectivity index (χ3v) is 5.05. The molecule has 1 saturated heterocycles. The van der Waals surface area contributed by atoms with Gasteiger partial charge in [0.2, 0.25) is 0 Å². The number of rotatable bonds is 6. The minimum Gasteiger partial charge on any atom is -0.482 e. The topological polar surface area (TPSA) is 105 Å². The van der Waals surface area contributed by atoms with Gasteiger partial charge >= 0.3 is 0 Å². The molecule has 4 N–H and O–H groups in total. The predicted molar refractivity (Wildman–Crippen MR) is 111 cm³/mol. The number of nitrogens with two attached hydrogens (primary N) is 1. The zero-order valence-corrected chi connectivity index (χ0v) is 16.9. The van der Waals surface area contributed by atoms with Crippen LogP contribution in [0.25, 0.3) is 0 Å². The number of benzene rings is 1. The van der Waals surface area contributed by atoms with E-state index in [4.69, 9.17) is 33.7 Å². The van der Waals surface area contributed by atoms with Crippen LogP contribution >= 0.6 is 23.2 Å². The Morgan fingerprint density at radius 1 is 1.32 bits per heavy atom. The molecule has 0 spiro atoms. The van der Waals surface area contributed by atoms with Crippen molar-refractivity contribution in [2.75, 3.05) is 35.8 Å². The first-order valence-electron chi connectivity index (χ1n) is 8.92. The molecule has 0 aliphatic carbocycles. The number of carbonyl (C=O) groups is 1. The van der Waals surface area contributed by atoms with Crippen molar-refractivity contribution in [3.05, 3.63) is 34.6 Å². The van der Waals surface area contributed by atoms with Crippen LogP contribution in [0.5, 0.6) is 5.75 Å². The summed E-state index contributed by atoms with van der Waals surface area (Å²) in [6, 6.07) is 4.77. The number of carbonyl (C=O) groups excluding carboxylic acids is 1. The van der Waals surface area contributed by atoms with Gasteiger partial charge in [-0.1, -0.05) is 30.1 Å². The van der Waals surface area contributed by atoms with Gasteiger partial charge < -0.3 is 15.4 Å². The van der Waals surface area contributed by atoms with Gasteiger partial charge in [0, 0.05) is 18.1 Å². The Labute approximate surface area is 173 Å². The van der Waals surface area contributed by atoms with Gasteiger partial charge in [-0.05, 0) is 37.0 Å². The Bertz CT molecular complexity index is 843. The molecule has 0 bridgehead atoms. The zero-order chi connectivity index (χ0) is 20.1. The summed E-state index contributed by atoms with van der Waals surface area (Å²) in [5.41, 5.74) is 11.8. The lowest BCUT2D eigenvalue weighted by Crippen LogP contribution is -2.36. The number of nitrogen functional groups attached to an aromatic ring is 1. The van der Waals surface area contributed by atoms with E-state index in [2.05, 4.69) is 32.6 Å². The molecular weight excluding hydrogens is 403 g/mol. The van der Waals surface area contributed by atoms with Gasteiger partial charge in [0.1, 0.15) is 17.8 Å². The third-order valence-electron chi connectivity index (χ3n) is 4.52. The van der Waals surface area contributed by atoms with E-state index in [1.54, 1.807) is 18.2 Å². The van der Waals surface area contributed by atoms with Crippen LogP contribution < -0.4 is 26.2 Å². The lowest BCUT2D eigenvalue weighted by molar-refractivity contribution is -0.122. The number of nitrogens with zero attached hydrogens (tertiary/aromatic N) is 3. The number of amides is 1. The second kappa shape index (κ2) is 9.16. The highest BCUT2D eigenvalue weighted by atomic mass is 35.5. The van der Waals surface area contributed by atoms with Crippen molar-refractivity contribution in [2.24, 2.45) is 5.92 Å². The van der Waals surface area contributed by atoms with E-state index in [1.165, 1.54) is 6.33 Å². The summed E-state index contributed by atoms with van der Waals surface area (Å²) >= 11 is 11.8. The molecule has 0 saturated carbocycles. The first-order chi connectivity index (χ1) is 13.4. The van der Waals surface area contributed by atoms with Crippen LogP contribution in [-0.4, -0.2) is 35.6 Å². The maximum atomic E-state index is 12.0. The fourth-order valence-corrected chi connectivity index (χ4v) is 3.32. The van der Waals surface area contributed by atoms with Crippen molar-refractivity contribution >= 4 is 46.4 Å². The molecule has 2 heterocycles. The Hall–Kier alpha value is -2.45. The van der Waals surface area contributed by atoms with Crippen LogP contribution in [0, 0.1) is 5.92 Å². The molecule has 1 fully saturated rings. The fourth-order valence-electron chi connectivity index (χ4n) is 2.86. The van der Waals surface area contributed by atoms with Gasteiger partial charge in [0.25, 0.3) is 5.91 Å². The molecule has 1 aliphatic rings. The summed E-state index contributed by atoms with van der Waals surface area (Å²) in [5.74, 6) is 1.65. The van der Waals surface area contributed by atoms with Crippen molar-refractivity contribution in [3.8, 4) is 5.75 Å². The number of ether oxygens (including phenoxy) is 1. The van der Waals surface area contributed by atoms with Crippen LogP contribution in [0.4, 0.5) is 17.3 Å². The highest BCUT2D eigenvalue weighted by Crippen LogP contribution is 2.29. The molecule has 3 rings (SSSR count). The molecule has 0 unspecified atom stereocenters. The Kier molecular flexibility index (Phi) is 6.64. The van der Waals surface area contributed by atoms with Crippen LogP contribution in [0.2, 0.25) is 10.0 Å². The molecule has 0 radical (unpaired) electrons. The molecule has 2 aromatic rings. The maximum Gasteiger partial charge on any atom is 0.276 e. The van der Waals surface area contributed by atoms with E-state index >= 15 is 0 Å². The SMILES string of the molecule is CC1CCN(c2ncnc(NNC(=O)COc3ccc(Cl)cc3Cl)c2N)CC1. The van der Waals surface area contributed by atoms with E-state index in [9.17, 15) is 4.79 Å². The van der Waals surface area contributed by atoms with Crippen LogP contribution in [0.3, 0.4) is 0 Å². The lowest BCUT2D eigenvalue weighted by atomic mass is 9.99. The average molecular weight is 425 g/mol. The summed E-state index contributed by atoms with van der Waals surface area (Å²) in [6.45, 7) is 3.78. The largest absolute Gasteiger partial charge is 0.482 e. The molecule has 1 aliphatic heterocycles. The Balaban J connectivity index is 1.55. The molecule has 28 heavy (non-hydrogen) atoms. The number of anilines is 3. The smallest absolute Gasteiger partial charge is 0.276 e. The fraction of sp³-hybridized carbons (Fsp3) is 0.389. The summed E-state index contributed by atoms with van der Waals surface area (Å²) in [4.78, 5) is 22.6. The highest BCUT2D eigenvalue weighted by molar-refractivity contribution is 6.35. The summed E-state index contributed by atoms with van der Waals surface area (Å²) in [5, 5.41) is 0.815. The Morgan fingerprint density at radius 3 is 2.79 bits per heavy atom. The van der Waals surface area contributed by atoms with E-state index in [1.807, 2.05) is 0 Å². The van der Waals surface area contributed by atoms with Crippen molar-refractivity contribution < 1.29 is 9.53 Å².